The van der Waals surface area contributed by atoms with Crippen molar-refractivity contribution in [3.8, 4) is 0 Å². The zero-order chi connectivity index (χ0) is 26.0. The molecule has 2 amide bonds. The molecule has 5 rings (SSSR count). The highest BCUT2D eigenvalue weighted by molar-refractivity contribution is 6.03. The van der Waals surface area contributed by atoms with Crippen molar-refractivity contribution in [3.05, 3.63) is 78.1 Å². The number of nitrogens with zero attached hydrogens (tertiary/aromatic N) is 5. The first-order chi connectivity index (χ1) is 17.7. The number of piperazine rings is 1. The number of hydrogen-bond acceptors (Lipinski definition) is 6. The summed E-state index contributed by atoms with van der Waals surface area (Å²) in [5.41, 5.74) is -0.498. The van der Waals surface area contributed by atoms with Crippen LogP contribution in [0.3, 0.4) is 0 Å². The summed E-state index contributed by atoms with van der Waals surface area (Å²) in [4.78, 5) is 32.7. The summed E-state index contributed by atoms with van der Waals surface area (Å²) in [6.07, 6.45) is -1.30. The van der Waals surface area contributed by atoms with Crippen molar-refractivity contribution in [2.24, 2.45) is 0 Å². The second-order valence-corrected chi connectivity index (χ2v) is 8.70. The molecule has 192 valence electrons. The van der Waals surface area contributed by atoms with Crippen molar-refractivity contribution in [2.75, 3.05) is 31.5 Å². The van der Waals surface area contributed by atoms with E-state index in [2.05, 4.69) is 20.3 Å². The quantitative estimate of drug-likeness (QED) is 0.424. The molecule has 37 heavy (non-hydrogen) atoms. The average molecular weight is 512 g/mol. The number of halogens is 3. The zero-order valence-electron chi connectivity index (χ0n) is 19.6. The van der Waals surface area contributed by atoms with E-state index >= 15 is 0 Å². The van der Waals surface area contributed by atoms with E-state index in [1.165, 1.54) is 6.07 Å². The number of rotatable bonds is 6. The number of benzene rings is 1. The van der Waals surface area contributed by atoms with Gasteiger partial charge < -0.3 is 14.6 Å². The van der Waals surface area contributed by atoms with E-state index in [0.29, 0.717) is 36.2 Å². The van der Waals surface area contributed by atoms with E-state index < -0.39 is 17.8 Å². The van der Waals surface area contributed by atoms with Gasteiger partial charge in [-0.3, -0.25) is 19.2 Å². The lowest BCUT2D eigenvalue weighted by molar-refractivity contribution is -0.141. The third kappa shape index (κ3) is 5.80. The van der Waals surface area contributed by atoms with Crippen LogP contribution in [0.1, 0.15) is 21.9 Å². The number of nitrogens with one attached hydrogen (secondary N) is 1. The fourth-order valence-corrected chi connectivity index (χ4v) is 4.17. The number of furan rings is 1. The summed E-state index contributed by atoms with van der Waals surface area (Å²) in [5.74, 6) is 0.0819. The Hall–Kier alpha value is -4.19. The van der Waals surface area contributed by atoms with Crippen molar-refractivity contribution >= 4 is 28.4 Å². The lowest BCUT2D eigenvalue weighted by Gasteiger charge is -2.34. The van der Waals surface area contributed by atoms with E-state index in [1.807, 2.05) is 12.1 Å². The summed E-state index contributed by atoms with van der Waals surface area (Å²) in [5, 5.41) is 7.66. The molecule has 1 aliphatic rings. The SMILES string of the molecule is O=C(Nc1ccc2nn(CC(=O)N3CCN(Cc4ccco4)CC3)cc2c1)c1cccc(C(F)(F)F)n1. The van der Waals surface area contributed by atoms with Gasteiger partial charge in [0, 0.05) is 43.4 Å². The highest BCUT2D eigenvalue weighted by Gasteiger charge is 2.33. The van der Waals surface area contributed by atoms with Crippen LogP contribution in [0.5, 0.6) is 0 Å². The molecule has 1 aromatic carbocycles. The molecule has 0 bridgehead atoms. The van der Waals surface area contributed by atoms with Gasteiger partial charge in [0.05, 0.1) is 18.3 Å². The van der Waals surface area contributed by atoms with Gasteiger partial charge in [0.25, 0.3) is 5.91 Å². The van der Waals surface area contributed by atoms with E-state index in [4.69, 9.17) is 4.42 Å². The smallest absolute Gasteiger partial charge is 0.433 e. The number of alkyl halides is 3. The molecule has 4 heterocycles. The fraction of sp³-hybridized carbons (Fsp3) is 0.280. The van der Waals surface area contributed by atoms with Crippen LogP contribution < -0.4 is 5.32 Å². The number of aromatic nitrogens is 3. The highest BCUT2D eigenvalue weighted by Crippen LogP contribution is 2.27. The van der Waals surface area contributed by atoms with Gasteiger partial charge in [0.1, 0.15) is 23.7 Å². The molecule has 1 N–H and O–H groups in total. The molecule has 4 aromatic rings. The first kappa shape index (κ1) is 24.5. The predicted octanol–water partition coefficient (Wildman–Crippen LogP) is 3.64. The molecule has 1 aliphatic heterocycles. The molecule has 0 atom stereocenters. The Labute approximate surface area is 209 Å². The molecular formula is C25H23F3N6O3. The van der Waals surface area contributed by atoms with Gasteiger partial charge in [-0.25, -0.2) is 4.98 Å². The minimum atomic E-state index is -4.64. The number of carbonyl (C=O) groups is 2. The number of fused-ring (bicyclic) bond motifs is 1. The Balaban J connectivity index is 1.19. The van der Waals surface area contributed by atoms with E-state index in [-0.39, 0.29) is 18.1 Å². The molecule has 1 fully saturated rings. The summed E-state index contributed by atoms with van der Waals surface area (Å²) in [6.45, 7) is 3.50. The summed E-state index contributed by atoms with van der Waals surface area (Å²) < 4.78 is 45.6. The lowest BCUT2D eigenvalue weighted by atomic mass is 10.2. The zero-order valence-corrected chi connectivity index (χ0v) is 19.6. The monoisotopic (exact) mass is 512 g/mol. The van der Waals surface area contributed by atoms with Gasteiger partial charge in [0.2, 0.25) is 5.91 Å². The van der Waals surface area contributed by atoms with Crippen LogP contribution in [-0.2, 0) is 24.1 Å². The minimum absolute atomic E-state index is 0.0467. The van der Waals surface area contributed by atoms with Crippen LogP contribution in [0.15, 0.2) is 65.4 Å². The number of hydrogen-bond donors (Lipinski definition) is 1. The van der Waals surface area contributed by atoms with Gasteiger partial charge in [-0.15, -0.1) is 0 Å². The lowest BCUT2D eigenvalue weighted by Crippen LogP contribution is -2.49. The molecule has 9 nitrogen and oxygen atoms in total. The van der Waals surface area contributed by atoms with E-state index in [0.717, 1.165) is 31.0 Å². The largest absolute Gasteiger partial charge is 0.468 e. The molecule has 0 radical (unpaired) electrons. The van der Waals surface area contributed by atoms with E-state index in [9.17, 15) is 22.8 Å². The van der Waals surface area contributed by atoms with Crippen LogP contribution in [0, 0.1) is 0 Å². The fourth-order valence-electron chi connectivity index (χ4n) is 4.17. The van der Waals surface area contributed by atoms with Crippen molar-refractivity contribution in [1.82, 2.24) is 24.6 Å². The second-order valence-electron chi connectivity index (χ2n) is 8.70. The summed E-state index contributed by atoms with van der Waals surface area (Å²) >= 11 is 0. The number of anilines is 1. The predicted molar refractivity (Wildman–Crippen MR) is 127 cm³/mol. The van der Waals surface area contributed by atoms with Crippen LogP contribution >= 0.6 is 0 Å². The van der Waals surface area contributed by atoms with Crippen molar-refractivity contribution in [3.63, 3.8) is 0 Å². The maximum Gasteiger partial charge on any atom is 0.433 e. The average Bonchev–Trinajstić information content (AvgIpc) is 3.53. The van der Waals surface area contributed by atoms with Gasteiger partial charge >= 0.3 is 6.18 Å². The Morgan fingerprint density at radius 3 is 2.57 bits per heavy atom. The minimum Gasteiger partial charge on any atom is -0.468 e. The standard InChI is InChI=1S/C25H23F3N6O3/c26-25(27,28)22-5-1-4-21(30-22)24(36)29-18-6-7-20-17(13-18)14-34(31-20)16-23(35)33-10-8-32(9-11-33)15-19-3-2-12-37-19/h1-7,12-14H,8-11,15-16H2,(H,29,36). The van der Waals surface area contributed by atoms with Crippen LogP contribution in [0.25, 0.3) is 10.9 Å². The number of carbonyl (C=O) groups excluding carboxylic acids is 2. The Morgan fingerprint density at radius 2 is 1.84 bits per heavy atom. The highest BCUT2D eigenvalue weighted by atomic mass is 19.4. The molecule has 0 aliphatic carbocycles. The molecule has 0 unspecified atom stereocenters. The molecular weight excluding hydrogens is 489 g/mol. The van der Waals surface area contributed by atoms with Gasteiger partial charge in [-0.05, 0) is 42.5 Å². The van der Waals surface area contributed by atoms with Crippen molar-refractivity contribution in [1.29, 1.82) is 0 Å². The maximum atomic E-state index is 12.9. The number of pyridine rings is 1. The third-order valence-electron chi connectivity index (χ3n) is 6.06. The van der Waals surface area contributed by atoms with E-state index in [1.54, 1.807) is 40.2 Å². The molecule has 1 saturated heterocycles. The molecule has 0 saturated carbocycles. The number of amides is 2. The second kappa shape index (κ2) is 10.1. The first-order valence-corrected chi connectivity index (χ1v) is 11.6. The third-order valence-corrected chi connectivity index (χ3v) is 6.06. The summed E-state index contributed by atoms with van der Waals surface area (Å²) in [6, 6.07) is 11.8. The van der Waals surface area contributed by atoms with Gasteiger partial charge in [-0.2, -0.15) is 18.3 Å². The van der Waals surface area contributed by atoms with Gasteiger partial charge in [0.15, 0.2) is 0 Å². The van der Waals surface area contributed by atoms with Crippen molar-refractivity contribution < 1.29 is 27.2 Å². The van der Waals surface area contributed by atoms with Crippen molar-refractivity contribution in [2.45, 2.75) is 19.3 Å². The molecule has 3 aromatic heterocycles. The molecule has 0 spiro atoms. The normalized spacial score (nSPS) is 14.7. The van der Waals surface area contributed by atoms with Crippen LogP contribution in [0.4, 0.5) is 18.9 Å². The maximum absolute atomic E-state index is 12.9. The van der Waals surface area contributed by atoms with Crippen LogP contribution in [0.2, 0.25) is 0 Å². The van der Waals surface area contributed by atoms with Crippen LogP contribution in [-0.4, -0.2) is 62.6 Å². The summed E-state index contributed by atoms with van der Waals surface area (Å²) in [7, 11) is 0. The van der Waals surface area contributed by atoms with Gasteiger partial charge in [-0.1, -0.05) is 6.07 Å². The Morgan fingerprint density at radius 1 is 1.03 bits per heavy atom. The Kier molecular flexibility index (Phi) is 6.66. The molecule has 12 heteroatoms. The Bertz CT molecular complexity index is 1410. The first-order valence-electron chi connectivity index (χ1n) is 11.6. The topological polar surface area (TPSA) is 96.5 Å².